The number of hydrogen-bond acceptors (Lipinski definition) is 9. The van der Waals surface area contributed by atoms with Gasteiger partial charge in [-0.25, -0.2) is 0 Å². The van der Waals surface area contributed by atoms with Gasteiger partial charge in [0.15, 0.2) is 0 Å². The smallest absolute Gasteiger partial charge is 0.781 e. The van der Waals surface area contributed by atoms with Crippen molar-refractivity contribution in [2.45, 2.75) is 215 Å². The van der Waals surface area contributed by atoms with Crippen molar-refractivity contribution in [3.05, 3.63) is 0 Å². The quantitative estimate of drug-likeness (QED) is 0.0643. The van der Waals surface area contributed by atoms with Crippen LogP contribution in [-0.2, 0) is 27.3 Å². The molecule has 295 valence electrons. The zero-order valence-electron chi connectivity index (χ0n) is 33.0. The zero-order chi connectivity index (χ0) is 37.2. The van der Waals surface area contributed by atoms with Crippen LogP contribution in [0.15, 0.2) is 0 Å². The Morgan fingerprint density at radius 2 is 0.571 bits per heavy atom. The van der Waals surface area contributed by atoms with E-state index in [0.717, 1.165) is 135 Å². The molecule has 0 saturated heterocycles. The summed E-state index contributed by atoms with van der Waals surface area (Å²) in [6.07, 6.45) is 22.0. The summed E-state index contributed by atoms with van der Waals surface area (Å²) < 4.78 is 47.4. The fourth-order valence-electron chi connectivity index (χ4n) is 6.12. The van der Waals surface area contributed by atoms with Gasteiger partial charge in [-0.15, -0.1) is 0 Å². The molecule has 0 aromatic rings. The minimum atomic E-state index is -3.04. The largest absolute Gasteiger partial charge is 3.00 e. The van der Waals surface area contributed by atoms with Crippen molar-refractivity contribution in [1.29, 1.82) is 0 Å². The maximum Gasteiger partial charge on any atom is 3.00 e. The Labute approximate surface area is 338 Å². The normalized spacial score (nSPS) is 16.7. The van der Waals surface area contributed by atoms with E-state index in [1.807, 2.05) is 0 Å². The van der Waals surface area contributed by atoms with Crippen LogP contribution in [0.3, 0.4) is 0 Å². The molecule has 49 heavy (non-hydrogen) atoms. The average molecular weight is 892 g/mol. The third kappa shape index (κ3) is 36.5. The van der Waals surface area contributed by atoms with Crippen molar-refractivity contribution in [3.8, 4) is 0 Å². The van der Waals surface area contributed by atoms with E-state index in [0.29, 0.717) is 17.8 Å². The molecule has 9 nitrogen and oxygen atoms in total. The summed E-state index contributed by atoms with van der Waals surface area (Å²) in [4.78, 5) is 32.2. The van der Waals surface area contributed by atoms with Gasteiger partial charge in [0, 0.05) is 0 Å². The van der Waals surface area contributed by atoms with E-state index in [2.05, 4.69) is 62.3 Å². The molecule has 0 amide bonds. The van der Waals surface area contributed by atoms with Gasteiger partial charge < -0.3 is 41.9 Å². The van der Waals surface area contributed by atoms with Gasteiger partial charge in [-0.05, 0) is 56.3 Å². The van der Waals surface area contributed by atoms with Gasteiger partial charge >= 0.3 is 40.8 Å². The molecule has 1 radical (unpaired) electrons. The van der Waals surface area contributed by atoms with E-state index < -0.39 is 24.8 Å². The van der Waals surface area contributed by atoms with E-state index >= 15 is 0 Å². The van der Waals surface area contributed by atoms with Crippen LogP contribution in [0.4, 0.5) is 0 Å². The predicted molar refractivity (Wildman–Crippen MR) is 200 cm³/mol. The van der Waals surface area contributed by atoms with Crippen molar-refractivity contribution in [2.24, 2.45) is 17.8 Å². The van der Waals surface area contributed by atoms with Crippen LogP contribution >= 0.6 is 24.8 Å². The summed E-state index contributed by atoms with van der Waals surface area (Å²) in [5, 5.41) is 0. The molecule has 0 aromatic heterocycles. The Bertz CT molecular complexity index is 657. The van der Waals surface area contributed by atoms with Crippen LogP contribution in [0.1, 0.15) is 197 Å². The second-order valence-corrected chi connectivity index (χ2v) is 15.3. The van der Waals surface area contributed by atoms with Crippen molar-refractivity contribution >= 4 is 24.8 Å². The summed E-state index contributed by atoms with van der Waals surface area (Å²) >= 11 is 0. The van der Waals surface area contributed by atoms with Gasteiger partial charge in [0.25, 0.3) is 0 Å². The standard InChI is InChI=1S/3C12H27O3P.Nd/c3*1-4-7-9-11(6-3)12(10-8-5-2)15-16(13)14;/h3*11-12,16H,4-10H2,1-3H3,(H,13,14);/q;;;+3/p-3. The Kier molecular flexibility index (Phi) is 49.9. The number of unbranched alkanes of at least 4 members (excludes halogenated alkanes) is 6. The molecular weight excluding hydrogens is 814 g/mol. The average Bonchev–Trinajstić information content (AvgIpc) is 3.05. The van der Waals surface area contributed by atoms with Gasteiger partial charge in [-0.1, -0.05) is 159 Å². The van der Waals surface area contributed by atoms with Crippen LogP contribution in [-0.4, -0.2) is 18.3 Å². The molecule has 13 heteroatoms. The molecule has 0 aromatic carbocycles. The summed E-state index contributed by atoms with van der Waals surface area (Å²) in [5.74, 6) is 1.19. The van der Waals surface area contributed by atoms with Crippen LogP contribution in [0.2, 0.25) is 0 Å². The van der Waals surface area contributed by atoms with Gasteiger partial charge in [-0.3, -0.25) is 0 Å². The molecule has 9 unspecified atom stereocenters. The van der Waals surface area contributed by atoms with Gasteiger partial charge in [-0.2, -0.15) is 0 Å². The fourth-order valence-corrected chi connectivity index (χ4v) is 7.79. The second-order valence-electron chi connectivity index (χ2n) is 13.1. The van der Waals surface area contributed by atoms with E-state index in [4.69, 9.17) is 13.6 Å². The fraction of sp³-hybridized carbons (Fsp3) is 1.00. The second kappa shape index (κ2) is 42.5. The molecule has 0 spiro atoms. The Hall–Kier alpha value is 1.80. The molecular formula is C36H78NdO9P3. The molecule has 0 rings (SSSR count). The van der Waals surface area contributed by atoms with Gasteiger partial charge in [0.2, 0.25) is 0 Å². The number of rotatable bonds is 30. The third-order valence-electron chi connectivity index (χ3n) is 9.21. The monoisotopic (exact) mass is 889 g/mol. The van der Waals surface area contributed by atoms with Crippen molar-refractivity contribution in [2.75, 3.05) is 0 Å². The first-order valence-electron chi connectivity index (χ1n) is 19.6. The SMILES string of the molecule is CCCCC(CC)C(CCCC)O[PH](=O)[O-].CCCCC(CC)C(CCCC)O[PH](=O)[O-].CCCCC(CC)C(CCCC)O[PH](=O)[O-].[Nd+3]. The molecule has 0 aliphatic rings. The van der Waals surface area contributed by atoms with Gasteiger partial charge in [0.1, 0.15) is 24.8 Å². The summed E-state index contributed by atoms with van der Waals surface area (Å²) in [6, 6.07) is 0. The molecule has 0 aliphatic heterocycles. The predicted octanol–water partition coefficient (Wildman–Crippen LogP) is 10.6. The summed E-state index contributed by atoms with van der Waals surface area (Å²) in [6.45, 7) is 19.2. The molecule has 0 aliphatic carbocycles. The maximum atomic E-state index is 10.7. The molecule has 0 bridgehead atoms. The van der Waals surface area contributed by atoms with E-state index in [9.17, 15) is 28.4 Å². The van der Waals surface area contributed by atoms with Crippen LogP contribution in [0, 0.1) is 58.6 Å². The van der Waals surface area contributed by atoms with Crippen LogP contribution < -0.4 is 14.7 Å². The zero-order valence-corrected chi connectivity index (χ0v) is 39.2. The van der Waals surface area contributed by atoms with Crippen LogP contribution in [0.25, 0.3) is 0 Å². The summed E-state index contributed by atoms with van der Waals surface area (Å²) in [5.41, 5.74) is 0. The molecule has 0 N–H and O–H groups in total. The topological polar surface area (TPSA) is 148 Å². The van der Waals surface area contributed by atoms with E-state index in [1.54, 1.807) is 0 Å². The molecule has 0 saturated carbocycles. The van der Waals surface area contributed by atoms with E-state index in [1.165, 1.54) is 0 Å². The minimum Gasteiger partial charge on any atom is -0.781 e. The molecule has 9 atom stereocenters. The van der Waals surface area contributed by atoms with Crippen LogP contribution in [0.5, 0.6) is 0 Å². The minimum absolute atomic E-state index is 0. The third-order valence-corrected chi connectivity index (χ3v) is 10.7. The maximum absolute atomic E-state index is 10.7. The first-order valence-corrected chi connectivity index (χ1v) is 23.3. The molecule has 0 heterocycles. The number of hydrogen-bond donors (Lipinski definition) is 0. The first-order chi connectivity index (χ1) is 23.0. The van der Waals surface area contributed by atoms with Crippen molar-refractivity contribution in [1.82, 2.24) is 0 Å². The molecule has 0 fully saturated rings. The van der Waals surface area contributed by atoms with Crippen molar-refractivity contribution < 1.29 is 82.8 Å². The Balaban J connectivity index is -0.000000307. The van der Waals surface area contributed by atoms with Crippen molar-refractivity contribution in [3.63, 3.8) is 0 Å². The van der Waals surface area contributed by atoms with Gasteiger partial charge in [0.05, 0.1) is 18.3 Å². The van der Waals surface area contributed by atoms with E-state index in [-0.39, 0.29) is 59.2 Å². The Morgan fingerprint density at radius 1 is 0.388 bits per heavy atom. The Morgan fingerprint density at radius 3 is 0.714 bits per heavy atom. The first kappa shape index (κ1) is 57.5. The summed E-state index contributed by atoms with van der Waals surface area (Å²) in [7, 11) is -9.13.